The Hall–Kier alpha value is -1.92. The maximum Gasteiger partial charge on any atom is 0.258 e. The van der Waals surface area contributed by atoms with Gasteiger partial charge in [0.25, 0.3) is 5.91 Å². The number of nitrogen functional groups attached to an aromatic ring is 1. The van der Waals surface area contributed by atoms with Crippen molar-refractivity contribution in [1.29, 1.82) is 0 Å². The summed E-state index contributed by atoms with van der Waals surface area (Å²) < 4.78 is 12.9. The molecule has 0 fully saturated rings. The third-order valence-electron chi connectivity index (χ3n) is 2.24. The molecule has 0 saturated heterocycles. The van der Waals surface area contributed by atoms with E-state index in [9.17, 15) is 9.18 Å². The second-order valence-electron chi connectivity index (χ2n) is 3.51. The van der Waals surface area contributed by atoms with Crippen molar-refractivity contribution in [1.82, 2.24) is 9.97 Å². The van der Waals surface area contributed by atoms with Crippen molar-refractivity contribution in [3.05, 3.63) is 46.1 Å². The van der Waals surface area contributed by atoms with Crippen LogP contribution < -0.4 is 11.1 Å². The van der Waals surface area contributed by atoms with Gasteiger partial charge in [0.15, 0.2) is 11.0 Å². The van der Waals surface area contributed by atoms with Gasteiger partial charge in [-0.15, -0.1) is 0 Å². The maximum absolute atomic E-state index is 12.9. The van der Waals surface area contributed by atoms with Crippen LogP contribution >= 0.6 is 23.2 Å². The fourth-order valence-corrected chi connectivity index (χ4v) is 1.63. The van der Waals surface area contributed by atoms with Crippen LogP contribution in [-0.4, -0.2) is 15.9 Å². The van der Waals surface area contributed by atoms with Gasteiger partial charge in [-0.1, -0.05) is 23.2 Å². The number of nitrogens with zero attached hydrogens (tertiary/aromatic N) is 2. The largest absolute Gasteiger partial charge is 0.398 e. The van der Waals surface area contributed by atoms with Gasteiger partial charge in [-0.2, -0.15) is 0 Å². The lowest BCUT2D eigenvalue weighted by Crippen LogP contribution is -2.15. The zero-order valence-corrected chi connectivity index (χ0v) is 10.8. The number of hydrogen-bond acceptors (Lipinski definition) is 4. The molecular formula is C11H7Cl2FN4O. The van der Waals surface area contributed by atoms with E-state index < -0.39 is 11.7 Å². The van der Waals surface area contributed by atoms with Crippen LogP contribution in [0.2, 0.25) is 10.2 Å². The van der Waals surface area contributed by atoms with Crippen LogP contribution in [0.1, 0.15) is 10.4 Å². The normalized spacial score (nSPS) is 10.3. The summed E-state index contributed by atoms with van der Waals surface area (Å²) in [7, 11) is 0. The molecule has 0 radical (unpaired) electrons. The van der Waals surface area contributed by atoms with E-state index in [2.05, 4.69) is 15.3 Å². The van der Waals surface area contributed by atoms with Gasteiger partial charge in [-0.25, -0.2) is 14.4 Å². The predicted octanol–water partition coefficient (Wildman–Crippen LogP) is 2.76. The summed E-state index contributed by atoms with van der Waals surface area (Å²) in [6.07, 6.45) is 1.15. The van der Waals surface area contributed by atoms with E-state index in [1.807, 2.05) is 0 Å². The number of hydrogen-bond donors (Lipinski definition) is 2. The molecule has 2 aromatic rings. The zero-order valence-electron chi connectivity index (χ0n) is 9.32. The van der Waals surface area contributed by atoms with E-state index in [0.717, 1.165) is 18.5 Å². The van der Waals surface area contributed by atoms with E-state index >= 15 is 0 Å². The Morgan fingerprint density at radius 2 is 2.05 bits per heavy atom. The number of amides is 1. The summed E-state index contributed by atoms with van der Waals surface area (Å²) in [5, 5.41) is 2.44. The van der Waals surface area contributed by atoms with Crippen molar-refractivity contribution in [2.45, 2.75) is 0 Å². The van der Waals surface area contributed by atoms with E-state index in [0.29, 0.717) is 0 Å². The second kappa shape index (κ2) is 5.38. The quantitative estimate of drug-likeness (QED) is 0.660. The van der Waals surface area contributed by atoms with Gasteiger partial charge in [-0.3, -0.25) is 4.79 Å². The number of anilines is 2. The Balaban J connectivity index is 2.28. The Morgan fingerprint density at radius 1 is 1.32 bits per heavy atom. The first-order valence-corrected chi connectivity index (χ1v) is 5.77. The summed E-state index contributed by atoms with van der Waals surface area (Å²) in [6.45, 7) is 0. The van der Waals surface area contributed by atoms with E-state index in [4.69, 9.17) is 28.9 Å². The summed E-state index contributed by atoms with van der Waals surface area (Å²) >= 11 is 11.5. The number of benzene rings is 1. The molecule has 98 valence electrons. The van der Waals surface area contributed by atoms with Gasteiger partial charge >= 0.3 is 0 Å². The first-order valence-electron chi connectivity index (χ1n) is 5.01. The van der Waals surface area contributed by atoms with Crippen LogP contribution in [0.5, 0.6) is 0 Å². The van der Waals surface area contributed by atoms with Crippen LogP contribution in [0.4, 0.5) is 15.9 Å². The summed E-state index contributed by atoms with van der Waals surface area (Å²) in [6, 6.07) is 3.43. The third-order valence-corrected chi connectivity index (χ3v) is 2.98. The van der Waals surface area contributed by atoms with Gasteiger partial charge in [-0.05, 0) is 18.2 Å². The van der Waals surface area contributed by atoms with Gasteiger partial charge < -0.3 is 11.1 Å². The molecule has 5 nitrogen and oxygen atoms in total. The van der Waals surface area contributed by atoms with Crippen molar-refractivity contribution in [3.63, 3.8) is 0 Å². The van der Waals surface area contributed by atoms with E-state index in [1.54, 1.807) is 0 Å². The van der Waals surface area contributed by atoms with E-state index in [1.165, 1.54) is 6.07 Å². The fourth-order valence-electron chi connectivity index (χ4n) is 1.35. The zero-order chi connectivity index (χ0) is 14.0. The second-order valence-corrected chi connectivity index (χ2v) is 4.25. The molecule has 0 bridgehead atoms. The number of nitrogens with one attached hydrogen (secondary N) is 1. The molecule has 19 heavy (non-hydrogen) atoms. The topological polar surface area (TPSA) is 80.9 Å². The highest BCUT2D eigenvalue weighted by atomic mass is 35.5. The molecule has 0 atom stereocenters. The highest BCUT2D eigenvalue weighted by Crippen LogP contribution is 2.26. The molecule has 0 saturated carbocycles. The van der Waals surface area contributed by atoms with Crippen LogP contribution in [0.15, 0.2) is 24.5 Å². The Bertz CT molecular complexity index is 651. The highest BCUT2D eigenvalue weighted by Gasteiger charge is 2.14. The average molecular weight is 301 g/mol. The van der Waals surface area contributed by atoms with Gasteiger partial charge in [0.2, 0.25) is 0 Å². The number of halogens is 3. The number of rotatable bonds is 2. The number of aromatic nitrogens is 2. The molecule has 8 heteroatoms. The van der Waals surface area contributed by atoms with Crippen molar-refractivity contribution < 1.29 is 9.18 Å². The monoisotopic (exact) mass is 300 g/mol. The van der Waals surface area contributed by atoms with Crippen molar-refractivity contribution in [2.75, 3.05) is 11.1 Å². The number of carbonyl (C=O) groups excluding carboxylic acids is 1. The molecule has 1 heterocycles. The average Bonchev–Trinajstić information content (AvgIpc) is 2.34. The molecule has 0 unspecified atom stereocenters. The highest BCUT2D eigenvalue weighted by molar-refractivity contribution is 6.43. The number of carbonyl (C=O) groups is 1. The predicted molar refractivity (Wildman–Crippen MR) is 70.8 cm³/mol. The van der Waals surface area contributed by atoms with Crippen LogP contribution in [-0.2, 0) is 0 Å². The van der Waals surface area contributed by atoms with E-state index in [-0.39, 0.29) is 27.2 Å². The molecule has 0 spiro atoms. The molecular weight excluding hydrogens is 294 g/mol. The third kappa shape index (κ3) is 2.91. The van der Waals surface area contributed by atoms with Crippen LogP contribution in [0.3, 0.4) is 0 Å². The summed E-state index contributed by atoms with van der Waals surface area (Å²) in [5.74, 6) is -1.05. The summed E-state index contributed by atoms with van der Waals surface area (Å²) in [4.78, 5) is 19.4. The maximum atomic E-state index is 12.9. The van der Waals surface area contributed by atoms with Crippen molar-refractivity contribution in [3.8, 4) is 0 Å². The lowest BCUT2D eigenvalue weighted by atomic mass is 10.1. The molecule has 1 aromatic heterocycles. The molecule has 1 amide bonds. The minimum atomic E-state index is -0.575. The smallest absolute Gasteiger partial charge is 0.258 e. The molecule has 3 N–H and O–H groups in total. The molecule has 0 aliphatic carbocycles. The molecule has 1 aromatic carbocycles. The van der Waals surface area contributed by atoms with Gasteiger partial charge in [0.05, 0.1) is 5.56 Å². The minimum absolute atomic E-state index is 0.00813. The minimum Gasteiger partial charge on any atom is -0.398 e. The summed E-state index contributed by atoms with van der Waals surface area (Å²) in [5.41, 5.74) is 5.66. The van der Waals surface area contributed by atoms with Crippen LogP contribution in [0.25, 0.3) is 0 Å². The van der Waals surface area contributed by atoms with Crippen molar-refractivity contribution in [2.24, 2.45) is 0 Å². The van der Waals surface area contributed by atoms with Crippen molar-refractivity contribution >= 4 is 40.6 Å². The molecule has 0 aliphatic heterocycles. The van der Waals surface area contributed by atoms with Gasteiger partial charge in [0.1, 0.15) is 17.2 Å². The first-order chi connectivity index (χ1) is 8.99. The molecule has 2 rings (SSSR count). The lowest BCUT2D eigenvalue weighted by molar-refractivity contribution is 0.102. The SMILES string of the molecule is Nc1cc(F)ccc1C(=O)Nc1ncnc(Cl)c1Cl. The first kappa shape index (κ1) is 13.5. The van der Waals surface area contributed by atoms with Crippen LogP contribution in [0, 0.1) is 5.82 Å². The molecule has 0 aliphatic rings. The Labute approximate surface area is 117 Å². The lowest BCUT2D eigenvalue weighted by Gasteiger charge is -2.08. The van der Waals surface area contributed by atoms with Gasteiger partial charge in [0, 0.05) is 5.69 Å². The Kier molecular flexibility index (Phi) is 3.82. The Morgan fingerprint density at radius 3 is 2.74 bits per heavy atom. The standard InChI is InChI=1S/C11H7Cl2FN4O/c12-8-9(13)16-4-17-10(8)18-11(19)6-2-1-5(14)3-7(6)15/h1-4H,15H2,(H,16,17,18,19). The fraction of sp³-hybridized carbons (Fsp3) is 0. The number of nitrogens with two attached hydrogens (primary N) is 1.